The van der Waals surface area contributed by atoms with Crippen molar-refractivity contribution in [2.75, 3.05) is 0 Å². The van der Waals surface area contributed by atoms with Crippen LogP contribution >= 0.6 is 0 Å². The Kier molecular flexibility index (Phi) is 3.82. The van der Waals surface area contributed by atoms with Gasteiger partial charge in [0.2, 0.25) is 5.09 Å². The second-order valence-electron chi connectivity index (χ2n) is 5.49. The highest BCUT2D eigenvalue weighted by Crippen LogP contribution is 2.29. The largest absolute Gasteiger partial charge is 0.449 e. The number of hydrogen-bond donors (Lipinski definition) is 1. The van der Waals surface area contributed by atoms with Crippen molar-refractivity contribution in [2.45, 2.75) is 51.2 Å². The van der Waals surface area contributed by atoms with E-state index in [1.807, 2.05) is 0 Å². The Bertz CT molecular complexity index is 506. The SMILES string of the molecule is Cc1ccc(S(=O)(=O)NC2CCC(C)CC2C)o1. The number of hydrogen-bond acceptors (Lipinski definition) is 3. The van der Waals surface area contributed by atoms with Gasteiger partial charge in [-0.15, -0.1) is 0 Å². The molecule has 3 unspecified atom stereocenters. The van der Waals surface area contributed by atoms with Gasteiger partial charge in [0.05, 0.1) is 0 Å². The summed E-state index contributed by atoms with van der Waals surface area (Å²) >= 11 is 0. The highest BCUT2D eigenvalue weighted by Gasteiger charge is 2.30. The molecule has 1 saturated carbocycles. The van der Waals surface area contributed by atoms with Gasteiger partial charge in [0.15, 0.2) is 0 Å². The molecule has 5 heteroatoms. The van der Waals surface area contributed by atoms with E-state index >= 15 is 0 Å². The summed E-state index contributed by atoms with van der Waals surface area (Å²) in [6, 6.07) is 3.20. The zero-order valence-electron chi connectivity index (χ0n) is 11.1. The van der Waals surface area contributed by atoms with Crippen LogP contribution in [0.5, 0.6) is 0 Å². The van der Waals surface area contributed by atoms with Gasteiger partial charge < -0.3 is 4.42 Å². The maximum absolute atomic E-state index is 12.1. The predicted molar refractivity (Wildman–Crippen MR) is 69.7 cm³/mol. The minimum absolute atomic E-state index is 0.0193. The molecule has 4 nitrogen and oxygen atoms in total. The van der Waals surface area contributed by atoms with Crippen molar-refractivity contribution < 1.29 is 12.8 Å². The Morgan fingerprint density at radius 2 is 2.00 bits per heavy atom. The average Bonchev–Trinajstić information content (AvgIpc) is 2.70. The van der Waals surface area contributed by atoms with Gasteiger partial charge in [-0.05, 0) is 50.2 Å². The number of sulfonamides is 1. The Morgan fingerprint density at radius 1 is 1.28 bits per heavy atom. The highest BCUT2D eigenvalue weighted by atomic mass is 32.2. The van der Waals surface area contributed by atoms with E-state index in [1.54, 1.807) is 13.0 Å². The lowest BCUT2D eigenvalue weighted by Gasteiger charge is -2.32. The van der Waals surface area contributed by atoms with Crippen molar-refractivity contribution in [3.05, 3.63) is 17.9 Å². The van der Waals surface area contributed by atoms with Gasteiger partial charge in [0.25, 0.3) is 10.0 Å². The third kappa shape index (κ3) is 2.95. The summed E-state index contributed by atoms with van der Waals surface area (Å²) < 4.78 is 32.2. The van der Waals surface area contributed by atoms with Crippen LogP contribution < -0.4 is 4.72 Å². The van der Waals surface area contributed by atoms with E-state index < -0.39 is 10.0 Å². The highest BCUT2D eigenvalue weighted by molar-refractivity contribution is 7.89. The fourth-order valence-electron chi connectivity index (χ4n) is 2.65. The van der Waals surface area contributed by atoms with Crippen molar-refractivity contribution in [3.63, 3.8) is 0 Å². The Morgan fingerprint density at radius 3 is 2.56 bits per heavy atom. The standard InChI is InChI=1S/C13H21NO3S/c1-9-4-6-12(10(2)8-9)14-18(15,16)13-7-5-11(3)17-13/h5,7,9-10,12,14H,4,6,8H2,1-3H3. The first-order chi connectivity index (χ1) is 8.38. The Hall–Kier alpha value is -0.810. The Labute approximate surface area is 109 Å². The molecule has 0 radical (unpaired) electrons. The molecule has 1 aromatic heterocycles. The third-order valence-electron chi connectivity index (χ3n) is 3.72. The number of rotatable bonds is 3. The van der Waals surface area contributed by atoms with Gasteiger partial charge >= 0.3 is 0 Å². The van der Waals surface area contributed by atoms with Crippen molar-refractivity contribution >= 4 is 10.0 Å². The molecule has 0 bridgehead atoms. The first-order valence-electron chi connectivity index (χ1n) is 6.47. The molecule has 0 aromatic carbocycles. The molecule has 1 fully saturated rings. The fraction of sp³-hybridized carbons (Fsp3) is 0.692. The number of furan rings is 1. The van der Waals surface area contributed by atoms with Gasteiger partial charge in [0.1, 0.15) is 5.76 Å². The second-order valence-corrected chi connectivity index (χ2v) is 7.13. The summed E-state index contributed by atoms with van der Waals surface area (Å²) in [6.07, 6.45) is 3.06. The van der Waals surface area contributed by atoms with Crippen LogP contribution in [0, 0.1) is 18.8 Å². The summed E-state index contributed by atoms with van der Waals surface area (Å²) in [5, 5.41) is 0.0193. The summed E-state index contributed by atoms with van der Waals surface area (Å²) in [5.41, 5.74) is 0. The molecule has 102 valence electrons. The lowest BCUT2D eigenvalue weighted by atomic mass is 9.80. The fourth-order valence-corrected chi connectivity index (χ4v) is 4.01. The molecule has 3 atom stereocenters. The van der Waals surface area contributed by atoms with E-state index in [0.29, 0.717) is 17.6 Å². The molecular weight excluding hydrogens is 250 g/mol. The van der Waals surface area contributed by atoms with E-state index in [-0.39, 0.29) is 11.1 Å². The van der Waals surface area contributed by atoms with Crippen LogP contribution in [0.3, 0.4) is 0 Å². The molecule has 0 amide bonds. The lowest BCUT2D eigenvalue weighted by Crippen LogP contribution is -2.42. The van der Waals surface area contributed by atoms with Crippen molar-refractivity contribution in [1.29, 1.82) is 0 Å². The molecule has 1 aliphatic carbocycles. The molecule has 0 saturated heterocycles. The molecule has 1 aliphatic rings. The number of aryl methyl sites for hydroxylation is 1. The van der Waals surface area contributed by atoms with Gasteiger partial charge in [-0.1, -0.05) is 13.8 Å². The molecule has 1 aromatic rings. The first-order valence-corrected chi connectivity index (χ1v) is 7.95. The number of nitrogens with one attached hydrogen (secondary N) is 1. The summed E-state index contributed by atoms with van der Waals surface area (Å²) in [6.45, 7) is 6.07. The summed E-state index contributed by atoms with van der Waals surface area (Å²) in [7, 11) is -3.51. The minimum atomic E-state index is -3.51. The van der Waals surface area contributed by atoms with E-state index in [9.17, 15) is 8.42 Å². The van der Waals surface area contributed by atoms with Gasteiger partial charge in [0, 0.05) is 6.04 Å². The van der Waals surface area contributed by atoms with Gasteiger partial charge in [-0.3, -0.25) is 0 Å². The predicted octanol–water partition coefficient (Wildman–Crippen LogP) is 2.69. The maximum Gasteiger partial charge on any atom is 0.274 e. The topological polar surface area (TPSA) is 59.3 Å². The summed E-state index contributed by atoms with van der Waals surface area (Å²) in [4.78, 5) is 0. The van der Waals surface area contributed by atoms with Crippen LogP contribution in [-0.2, 0) is 10.0 Å². The van der Waals surface area contributed by atoms with Crippen molar-refractivity contribution in [1.82, 2.24) is 4.72 Å². The zero-order chi connectivity index (χ0) is 13.3. The third-order valence-corrected chi connectivity index (χ3v) is 5.08. The van der Waals surface area contributed by atoms with E-state index in [1.165, 1.54) is 6.07 Å². The normalized spacial score (nSPS) is 29.4. The van der Waals surface area contributed by atoms with Gasteiger partial charge in [-0.2, -0.15) is 0 Å². The molecule has 1 heterocycles. The monoisotopic (exact) mass is 271 g/mol. The summed E-state index contributed by atoms with van der Waals surface area (Å²) in [5.74, 6) is 1.67. The van der Waals surface area contributed by atoms with E-state index in [0.717, 1.165) is 19.3 Å². The molecule has 1 N–H and O–H groups in total. The van der Waals surface area contributed by atoms with Crippen LogP contribution in [0.25, 0.3) is 0 Å². The molecule has 0 spiro atoms. The van der Waals surface area contributed by atoms with Crippen LogP contribution in [0.2, 0.25) is 0 Å². The molecule has 2 rings (SSSR count). The molecule has 18 heavy (non-hydrogen) atoms. The molecule has 0 aliphatic heterocycles. The average molecular weight is 271 g/mol. The van der Waals surface area contributed by atoms with Crippen LogP contribution in [-0.4, -0.2) is 14.5 Å². The van der Waals surface area contributed by atoms with Crippen LogP contribution in [0.1, 0.15) is 38.9 Å². The van der Waals surface area contributed by atoms with E-state index in [4.69, 9.17) is 4.42 Å². The van der Waals surface area contributed by atoms with Crippen LogP contribution in [0.15, 0.2) is 21.6 Å². The van der Waals surface area contributed by atoms with Crippen molar-refractivity contribution in [3.8, 4) is 0 Å². The Balaban J connectivity index is 2.09. The smallest absolute Gasteiger partial charge is 0.274 e. The lowest BCUT2D eigenvalue weighted by molar-refractivity contribution is 0.248. The zero-order valence-corrected chi connectivity index (χ0v) is 12.0. The molecular formula is C13H21NO3S. The maximum atomic E-state index is 12.1. The minimum Gasteiger partial charge on any atom is -0.449 e. The van der Waals surface area contributed by atoms with Crippen LogP contribution in [0.4, 0.5) is 0 Å². The van der Waals surface area contributed by atoms with E-state index in [2.05, 4.69) is 18.6 Å². The van der Waals surface area contributed by atoms with Crippen molar-refractivity contribution in [2.24, 2.45) is 11.8 Å². The van der Waals surface area contributed by atoms with Gasteiger partial charge in [-0.25, -0.2) is 13.1 Å². The first kappa shape index (κ1) is 13.6. The quantitative estimate of drug-likeness (QED) is 0.919. The second kappa shape index (κ2) is 5.05.